The number of hydrogen-bond donors (Lipinski definition) is 1. The highest BCUT2D eigenvalue weighted by atomic mass is 16.5. The van der Waals surface area contributed by atoms with Gasteiger partial charge in [-0.15, -0.1) is 0 Å². The Morgan fingerprint density at radius 1 is 1.15 bits per heavy atom. The van der Waals surface area contributed by atoms with Crippen LogP contribution >= 0.6 is 0 Å². The molecule has 2 N–H and O–H groups in total. The fourth-order valence-corrected chi connectivity index (χ4v) is 2.36. The van der Waals surface area contributed by atoms with Crippen LogP contribution in [-0.4, -0.2) is 55.3 Å². The van der Waals surface area contributed by atoms with Crippen LogP contribution in [0.5, 0.6) is 0 Å². The molecule has 3 heterocycles. The van der Waals surface area contributed by atoms with E-state index in [0.29, 0.717) is 11.9 Å². The first-order valence-electron chi connectivity index (χ1n) is 7.11. The lowest BCUT2D eigenvalue weighted by Gasteiger charge is -2.43. The summed E-state index contributed by atoms with van der Waals surface area (Å²) in [5, 5.41) is 0. The molecule has 2 saturated heterocycles. The number of piperazine rings is 1. The fourth-order valence-electron chi connectivity index (χ4n) is 2.36. The van der Waals surface area contributed by atoms with Gasteiger partial charge in [-0.25, -0.2) is 4.98 Å². The number of ether oxygens (including phenoxy) is 1. The minimum Gasteiger partial charge on any atom is -0.384 e. The third kappa shape index (κ3) is 3.84. The van der Waals surface area contributed by atoms with Crippen LogP contribution in [0.3, 0.4) is 0 Å². The lowest BCUT2D eigenvalue weighted by atomic mass is 10.2. The summed E-state index contributed by atoms with van der Waals surface area (Å²) in [4.78, 5) is 9.02. The van der Waals surface area contributed by atoms with Gasteiger partial charge in [0.15, 0.2) is 0 Å². The van der Waals surface area contributed by atoms with Crippen molar-refractivity contribution in [3.8, 4) is 0 Å². The van der Waals surface area contributed by atoms with E-state index in [4.69, 9.17) is 10.5 Å². The van der Waals surface area contributed by atoms with Crippen molar-refractivity contribution in [1.82, 2.24) is 9.88 Å². The first kappa shape index (κ1) is 16.7. The van der Waals surface area contributed by atoms with Crippen LogP contribution in [-0.2, 0) is 4.74 Å². The van der Waals surface area contributed by atoms with Gasteiger partial charge in [-0.1, -0.05) is 21.3 Å². The normalized spacial score (nSPS) is 19.4. The Kier molecular flexibility index (Phi) is 6.75. The third-order valence-electron chi connectivity index (χ3n) is 3.59. The van der Waals surface area contributed by atoms with Crippen LogP contribution in [0.2, 0.25) is 0 Å². The molecule has 114 valence electrons. The Balaban J connectivity index is 0.000000639. The largest absolute Gasteiger partial charge is 0.384 e. The molecular weight excluding hydrogens is 252 g/mol. The summed E-state index contributed by atoms with van der Waals surface area (Å²) in [7, 11) is 0. The highest BCUT2D eigenvalue weighted by Crippen LogP contribution is 2.18. The van der Waals surface area contributed by atoms with Crippen LogP contribution in [0.1, 0.15) is 21.3 Å². The molecular formula is C15H28N4O. The molecule has 0 bridgehead atoms. The van der Waals surface area contributed by atoms with Crippen molar-refractivity contribution in [2.45, 2.75) is 27.3 Å². The minimum atomic E-state index is 0. The maximum Gasteiger partial charge on any atom is 0.123 e. The first-order valence-corrected chi connectivity index (χ1v) is 7.11. The zero-order chi connectivity index (χ0) is 13.7. The Morgan fingerprint density at radius 2 is 1.80 bits per heavy atom. The lowest BCUT2D eigenvalue weighted by molar-refractivity contribution is -0.0660. The summed E-state index contributed by atoms with van der Waals surface area (Å²) in [6.07, 6.45) is 1.86. The molecule has 1 aromatic rings. The molecule has 2 aliphatic heterocycles. The molecule has 2 aliphatic rings. The van der Waals surface area contributed by atoms with Gasteiger partial charge in [-0.05, 0) is 12.1 Å². The van der Waals surface area contributed by atoms with Crippen molar-refractivity contribution in [1.29, 1.82) is 0 Å². The van der Waals surface area contributed by atoms with E-state index in [1.54, 1.807) is 0 Å². The number of rotatable bonds is 2. The highest BCUT2D eigenvalue weighted by molar-refractivity contribution is 5.48. The van der Waals surface area contributed by atoms with Crippen molar-refractivity contribution >= 4 is 11.5 Å². The van der Waals surface area contributed by atoms with Crippen molar-refractivity contribution in [3.05, 3.63) is 18.3 Å². The van der Waals surface area contributed by atoms with Gasteiger partial charge in [-0.2, -0.15) is 0 Å². The SMILES string of the molecule is C.CC.Nc1ccc(N2CCN(C3COC3)CC2)cn1. The highest BCUT2D eigenvalue weighted by Gasteiger charge is 2.28. The molecule has 0 radical (unpaired) electrons. The van der Waals surface area contributed by atoms with E-state index >= 15 is 0 Å². The molecule has 0 spiro atoms. The number of pyridine rings is 1. The van der Waals surface area contributed by atoms with Gasteiger partial charge in [0.25, 0.3) is 0 Å². The van der Waals surface area contributed by atoms with E-state index in [9.17, 15) is 0 Å². The Labute approximate surface area is 122 Å². The van der Waals surface area contributed by atoms with Crippen LogP contribution in [0.25, 0.3) is 0 Å². The molecule has 3 rings (SSSR count). The fraction of sp³-hybridized carbons (Fsp3) is 0.667. The molecule has 0 aliphatic carbocycles. The van der Waals surface area contributed by atoms with Crippen LogP contribution in [0.4, 0.5) is 11.5 Å². The molecule has 1 aromatic heterocycles. The quantitative estimate of drug-likeness (QED) is 0.896. The second kappa shape index (κ2) is 8.07. The van der Waals surface area contributed by atoms with Gasteiger partial charge >= 0.3 is 0 Å². The maximum absolute atomic E-state index is 5.59. The summed E-state index contributed by atoms with van der Waals surface area (Å²) in [6, 6.07) is 4.56. The second-order valence-corrected chi connectivity index (χ2v) is 4.66. The van der Waals surface area contributed by atoms with Crippen LogP contribution in [0.15, 0.2) is 18.3 Å². The standard InChI is InChI=1S/C12H18N4O.C2H6.CH4/c13-12-2-1-10(7-14-12)15-3-5-16(6-4-15)11-8-17-9-11;1-2;/h1-2,7,11H,3-6,8-9H2,(H2,13,14);1-2H3;1H4. The predicted octanol–water partition coefficient (Wildman–Crippen LogP) is 1.85. The zero-order valence-electron chi connectivity index (χ0n) is 11.9. The molecule has 0 atom stereocenters. The Hall–Kier alpha value is -1.33. The summed E-state index contributed by atoms with van der Waals surface area (Å²) in [5.74, 6) is 0.582. The van der Waals surface area contributed by atoms with E-state index in [2.05, 4.69) is 14.8 Å². The minimum absolute atomic E-state index is 0. The van der Waals surface area contributed by atoms with Gasteiger partial charge in [0, 0.05) is 26.2 Å². The molecule has 5 nitrogen and oxygen atoms in total. The Bertz CT molecular complexity index is 370. The van der Waals surface area contributed by atoms with Gasteiger partial charge in [0.1, 0.15) is 5.82 Å². The molecule has 5 heteroatoms. The monoisotopic (exact) mass is 280 g/mol. The summed E-state index contributed by atoms with van der Waals surface area (Å²) < 4.78 is 5.23. The molecule has 0 saturated carbocycles. The molecule has 2 fully saturated rings. The average Bonchev–Trinajstić information content (AvgIpc) is 2.41. The number of nitrogen functional groups attached to an aromatic ring is 1. The van der Waals surface area contributed by atoms with E-state index in [0.717, 1.165) is 39.4 Å². The number of nitrogens with zero attached hydrogens (tertiary/aromatic N) is 3. The molecule has 0 unspecified atom stereocenters. The molecule has 0 amide bonds. The van der Waals surface area contributed by atoms with Gasteiger partial charge in [0.05, 0.1) is 31.1 Å². The molecule has 0 aromatic carbocycles. The first-order chi connectivity index (χ1) is 9.33. The van der Waals surface area contributed by atoms with E-state index in [-0.39, 0.29) is 7.43 Å². The number of hydrogen-bond acceptors (Lipinski definition) is 5. The Morgan fingerprint density at radius 3 is 2.25 bits per heavy atom. The van der Waals surface area contributed by atoms with Gasteiger partial charge in [0.2, 0.25) is 0 Å². The second-order valence-electron chi connectivity index (χ2n) is 4.66. The smallest absolute Gasteiger partial charge is 0.123 e. The summed E-state index contributed by atoms with van der Waals surface area (Å²) >= 11 is 0. The lowest BCUT2D eigenvalue weighted by Crippen LogP contribution is -2.56. The van der Waals surface area contributed by atoms with E-state index in [1.165, 1.54) is 5.69 Å². The van der Waals surface area contributed by atoms with Gasteiger partial charge in [-0.3, -0.25) is 4.90 Å². The van der Waals surface area contributed by atoms with Crippen molar-refractivity contribution in [2.24, 2.45) is 0 Å². The third-order valence-corrected chi connectivity index (χ3v) is 3.59. The number of anilines is 2. The van der Waals surface area contributed by atoms with Crippen molar-refractivity contribution in [3.63, 3.8) is 0 Å². The maximum atomic E-state index is 5.59. The predicted molar refractivity (Wildman–Crippen MR) is 85.1 cm³/mol. The summed E-state index contributed by atoms with van der Waals surface area (Å²) in [6.45, 7) is 10.1. The van der Waals surface area contributed by atoms with Crippen molar-refractivity contribution in [2.75, 3.05) is 50.0 Å². The summed E-state index contributed by atoms with van der Waals surface area (Å²) in [5.41, 5.74) is 6.76. The van der Waals surface area contributed by atoms with E-state index < -0.39 is 0 Å². The van der Waals surface area contributed by atoms with Crippen molar-refractivity contribution < 1.29 is 4.74 Å². The number of nitrogens with two attached hydrogens (primary N) is 1. The van der Waals surface area contributed by atoms with E-state index in [1.807, 2.05) is 32.2 Å². The molecule has 20 heavy (non-hydrogen) atoms. The van der Waals surface area contributed by atoms with Crippen LogP contribution < -0.4 is 10.6 Å². The van der Waals surface area contributed by atoms with Gasteiger partial charge < -0.3 is 15.4 Å². The topological polar surface area (TPSA) is 54.6 Å². The number of aromatic nitrogens is 1. The zero-order valence-corrected chi connectivity index (χ0v) is 11.9. The average molecular weight is 280 g/mol. The van der Waals surface area contributed by atoms with Crippen LogP contribution in [0, 0.1) is 0 Å².